The van der Waals surface area contributed by atoms with Gasteiger partial charge in [-0.2, -0.15) is 0 Å². The zero-order valence-electron chi connectivity index (χ0n) is 17.9. The Labute approximate surface area is 189 Å². The topological polar surface area (TPSA) is 92.9 Å². The van der Waals surface area contributed by atoms with Crippen molar-refractivity contribution in [3.8, 4) is 17.0 Å². The molecule has 4 aromatic rings. The molecule has 0 saturated carbocycles. The minimum Gasteiger partial charge on any atom is -0.495 e. The summed E-state index contributed by atoms with van der Waals surface area (Å²) in [6.07, 6.45) is 1.81. The van der Waals surface area contributed by atoms with Gasteiger partial charge in [0.2, 0.25) is 0 Å². The number of aromatic nitrogens is 2. The number of fused-ring (bicyclic) bond motifs is 1. The van der Waals surface area contributed by atoms with Gasteiger partial charge in [-0.3, -0.25) is 9.12 Å². The van der Waals surface area contributed by atoms with Crippen LogP contribution < -0.4 is 9.46 Å². The number of imidazole rings is 1. The summed E-state index contributed by atoms with van der Waals surface area (Å²) in [5, 5.41) is 10.4. The number of rotatable bonds is 6. The first-order chi connectivity index (χ1) is 15.0. The first-order valence-electron chi connectivity index (χ1n) is 9.68. The molecule has 2 heterocycles. The van der Waals surface area contributed by atoms with Gasteiger partial charge in [-0.05, 0) is 63.2 Å². The molecule has 2 aromatic heterocycles. The summed E-state index contributed by atoms with van der Waals surface area (Å²) < 4.78 is 49.1. The van der Waals surface area contributed by atoms with Gasteiger partial charge in [-0.1, -0.05) is 11.3 Å². The van der Waals surface area contributed by atoms with Crippen molar-refractivity contribution in [1.29, 1.82) is 0 Å². The standard InChI is InChI=1S/C22H22FN3O4S2/c1-13-20(26-12-19(22(2,3)27)31-21(26)24-13)14-5-10-17(30-4)18(11-14)32(28,29)25-16-8-6-15(23)7-9-16/h5-12,25,27H,1-4H3. The molecule has 2 aromatic carbocycles. The normalized spacial score (nSPS) is 12.3. The maximum Gasteiger partial charge on any atom is 0.265 e. The van der Waals surface area contributed by atoms with E-state index in [2.05, 4.69) is 9.71 Å². The Balaban J connectivity index is 1.83. The lowest BCUT2D eigenvalue weighted by molar-refractivity contribution is 0.0822. The van der Waals surface area contributed by atoms with Crippen LogP contribution in [0.15, 0.2) is 53.6 Å². The molecule has 0 unspecified atom stereocenters. The molecule has 0 aliphatic heterocycles. The van der Waals surface area contributed by atoms with E-state index in [4.69, 9.17) is 4.74 Å². The van der Waals surface area contributed by atoms with Gasteiger partial charge in [0.1, 0.15) is 16.5 Å². The second kappa shape index (κ2) is 7.88. The summed E-state index contributed by atoms with van der Waals surface area (Å²) in [6, 6.07) is 9.89. The van der Waals surface area contributed by atoms with Crippen molar-refractivity contribution in [3.63, 3.8) is 0 Å². The van der Waals surface area contributed by atoms with Crippen LogP contribution in [-0.2, 0) is 15.6 Å². The number of hydrogen-bond donors (Lipinski definition) is 2. The molecule has 0 aliphatic carbocycles. The highest BCUT2D eigenvalue weighted by atomic mass is 32.2. The van der Waals surface area contributed by atoms with Gasteiger partial charge in [0.05, 0.1) is 29.0 Å². The first-order valence-corrected chi connectivity index (χ1v) is 12.0. The number of sulfonamides is 1. The first kappa shape index (κ1) is 22.3. The Kier molecular flexibility index (Phi) is 5.48. The van der Waals surface area contributed by atoms with Gasteiger partial charge >= 0.3 is 0 Å². The Morgan fingerprint density at radius 3 is 2.50 bits per heavy atom. The Hall–Kier alpha value is -2.95. The molecular formula is C22H22FN3O4S2. The lowest BCUT2D eigenvalue weighted by Gasteiger charge is -2.14. The molecule has 32 heavy (non-hydrogen) atoms. The second-order valence-electron chi connectivity index (χ2n) is 7.83. The van der Waals surface area contributed by atoms with Crippen LogP contribution in [0.4, 0.5) is 10.1 Å². The van der Waals surface area contributed by atoms with Crippen LogP contribution in [0.5, 0.6) is 5.75 Å². The Morgan fingerprint density at radius 1 is 1.19 bits per heavy atom. The van der Waals surface area contributed by atoms with Crippen molar-refractivity contribution >= 4 is 32.0 Å². The molecule has 0 saturated heterocycles. The zero-order chi connectivity index (χ0) is 23.3. The van der Waals surface area contributed by atoms with E-state index < -0.39 is 21.4 Å². The monoisotopic (exact) mass is 475 g/mol. The number of anilines is 1. The minimum absolute atomic E-state index is 0.0610. The predicted octanol–water partition coefficient (Wildman–Crippen LogP) is 4.55. The van der Waals surface area contributed by atoms with Gasteiger partial charge in [0, 0.05) is 17.4 Å². The average Bonchev–Trinajstić information content (AvgIpc) is 3.26. The molecule has 0 radical (unpaired) electrons. The van der Waals surface area contributed by atoms with Crippen molar-refractivity contribution < 1.29 is 22.7 Å². The van der Waals surface area contributed by atoms with Gasteiger partial charge in [-0.25, -0.2) is 17.8 Å². The number of nitrogens with zero attached hydrogens (tertiary/aromatic N) is 2. The summed E-state index contributed by atoms with van der Waals surface area (Å²) in [4.78, 5) is 5.94. The van der Waals surface area contributed by atoms with Gasteiger partial charge in [0.15, 0.2) is 4.96 Å². The molecule has 4 rings (SSSR count). The van der Waals surface area contributed by atoms with Gasteiger partial charge < -0.3 is 9.84 Å². The van der Waals surface area contributed by atoms with Gasteiger partial charge in [-0.15, -0.1) is 0 Å². The molecule has 0 spiro atoms. The molecule has 2 N–H and O–H groups in total. The van der Waals surface area contributed by atoms with Crippen LogP contribution in [0, 0.1) is 12.7 Å². The molecule has 0 amide bonds. The number of aryl methyl sites for hydroxylation is 1. The number of ether oxygens (including phenoxy) is 1. The molecule has 10 heteroatoms. The van der Waals surface area contributed by atoms with Crippen molar-refractivity contribution in [2.45, 2.75) is 31.3 Å². The Bertz CT molecular complexity index is 1400. The SMILES string of the molecule is COc1ccc(-c2c(C)nc3sc(C(C)(C)O)cn23)cc1S(=O)(=O)Nc1ccc(F)cc1. The highest BCUT2D eigenvalue weighted by Gasteiger charge is 2.25. The molecule has 0 fully saturated rings. The summed E-state index contributed by atoms with van der Waals surface area (Å²) in [7, 11) is -2.64. The molecule has 7 nitrogen and oxygen atoms in total. The number of hydrogen-bond acceptors (Lipinski definition) is 6. The second-order valence-corrected chi connectivity index (χ2v) is 10.5. The molecule has 0 atom stereocenters. The maximum atomic E-state index is 13.2. The van der Waals surface area contributed by atoms with Gasteiger partial charge in [0.25, 0.3) is 10.0 Å². The number of thiazole rings is 1. The molecule has 0 bridgehead atoms. The van der Waals surface area contributed by atoms with Crippen LogP contribution in [0.2, 0.25) is 0 Å². The fraction of sp³-hybridized carbons (Fsp3) is 0.227. The zero-order valence-corrected chi connectivity index (χ0v) is 19.5. The van der Waals surface area contributed by atoms with E-state index in [-0.39, 0.29) is 16.3 Å². The number of benzene rings is 2. The quantitative estimate of drug-likeness (QED) is 0.427. The minimum atomic E-state index is -4.03. The van der Waals surface area contributed by atoms with Crippen molar-refractivity contribution in [1.82, 2.24) is 9.38 Å². The molecule has 0 aliphatic rings. The Morgan fingerprint density at radius 2 is 1.88 bits per heavy atom. The van der Waals surface area contributed by atoms with E-state index in [0.717, 1.165) is 10.6 Å². The number of nitrogens with one attached hydrogen (secondary N) is 1. The van der Waals surface area contributed by atoms with E-state index in [1.165, 1.54) is 48.8 Å². The van der Waals surface area contributed by atoms with E-state index in [0.29, 0.717) is 16.2 Å². The van der Waals surface area contributed by atoms with Crippen LogP contribution in [0.25, 0.3) is 16.2 Å². The van der Waals surface area contributed by atoms with Crippen LogP contribution >= 0.6 is 11.3 Å². The lowest BCUT2D eigenvalue weighted by atomic mass is 10.1. The summed E-state index contributed by atoms with van der Waals surface area (Å²) in [5.41, 5.74) is 1.26. The summed E-state index contributed by atoms with van der Waals surface area (Å²) >= 11 is 1.37. The third kappa shape index (κ3) is 4.08. The van der Waals surface area contributed by atoms with E-state index >= 15 is 0 Å². The van der Waals surface area contributed by atoms with Crippen LogP contribution in [0.3, 0.4) is 0 Å². The smallest absolute Gasteiger partial charge is 0.265 e. The number of halogens is 1. The fourth-order valence-electron chi connectivity index (χ4n) is 3.35. The third-order valence-electron chi connectivity index (χ3n) is 4.93. The van der Waals surface area contributed by atoms with Crippen LogP contribution in [-0.4, -0.2) is 30.0 Å². The highest BCUT2D eigenvalue weighted by Crippen LogP contribution is 2.36. The van der Waals surface area contributed by atoms with E-state index in [1.54, 1.807) is 26.0 Å². The van der Waals surface area contributed by atoms with Crippen molar-refractivity contribution in [3.05, 3.63) is 65.0 Å². The summed E-state index contributed by atoms with van der Waals surface area (Å²) in [5.74, 6) is -0.293. The van der Waals surface area contributed by atoms with Crippen molar-refractivity contribution in [2.75, 3.05) is 11.8 Å². The number of methoxy groups -OCH3 is 1. The maximum absolute atomic E-state index is 13.2. The largest absolute Gasteiger partial charge is 0.495 e. The third-order valence-corrected chi connectivity index (χ3v) is 7.62. The van der Waals surface area contributed by atoms with Crippen LogP contribution in [0.1, 0.15) is 24.4 Å². The lowest BCUT2D eigenvalue weighted by Crippen LogP contribution is -2.14. The van der Waals surface area contributed by atoms with E-state index in [1.807, 2.05) is 17.5 Å². The average molecular weight is 476 g/mol. The molecular weight excluding hydrogens is 453 g/mol. The fourth-order valence-corrected chi connectivity index (χ4v) is 5.63. The summed E-state index contributed by atoms with van der Waals surface area (Å²) in [6.45, 7) is 5.24. The van der Waals surface area contributed by atoms with E-state index in [9.17, 15) is 17.9 Å². The predicted molar refractivity (Wildman–Crippen MR) is 122 cm³/mol. The molecule has 168 valence electrons. The number of aliphatic hydroxyl groups is 1. The highest BCUT2D eigenvalue weighted by molar-refractivity contribution is 7.92. The van der Waals surface area contributed by atoms with Crippen molar-refractivity contribution in [2.24, 2.45) is 0 Å².